The standard InChI is InChI=1S/C28H30ClN3OS/c29-24-8-9-25-23(18-24)19-26(27-7-4-16-34-27)32(25)20-28(33)30-12-15-31-13-10-22(11-14-31)17-21-5-2-1-3-6-21/h1-9,16,18-19,22H,10-15,17,20H2,(H,30,33). The Labute approximate surface area is 210 Å². The number of carbonyl (C=O) groups excluding carboxylic acids is 1. The van der Waals surface area contributed by atoms with Crippen LogP contribution in [0.4, 0.5) is 0 Å². The first-order valence-corrected chi connectivity index (χ1v) is 13.3. The maximum atomic E-state index is 12.9. The molecule has 2 aromatic heterocycles. The number of fused-ring (bicyclic) bond motifs is 1. The van der Waals surface area contributed by atoms with E-state index in [1.165, 1.54) is 24.8 Å². The number of hydrogen-bond donors (Lipinski definition) is 1. The highest BCUT2D eigenvalue weighted by molar-refractivity contribution is 7.13. The lowest BCUT2D eigenvalue weighted by molar-refractivity contribution is -0.121. The number of amides is 1. The minimum atomic E-state index is 0.0456. The second-order valence-electron chi connectivity index (χ2n) is 9.12. The summed E-state index contributed by atoms with van der Waals surface area (Å²) >= 11 is 7.89. The molecular weight excluding hydrogens is 462 g/mol. The summed E-state index contributed by atoms with van der Waals surface area (Å²) in [5.74, 6) is 0.809. The number of nitrogens with one attached hydrogen (secondary N) is 1. The smallest absolute Gasteiger partial charge is 0.240 e. The van der Waals surface area contributed by atoms with Gasteiger partial charge in [0.1, 0.15) is 6.54 Å². The van der Waals surface area contributed by atoms with E-state index in [1.54, 1.807) is 11.3 Å². The molecule has 1 N–H and O–H groups in total. The third-order valence-corrected chi connectivity index (χ3v) is 7.89. The fraction of sp³-hybridized carbons (Fsp3) is 0.321. The molecule has 0 unspecified atom stereocenters. The van der Waals surface area contributed by atoms with Gasteiger partial charge >= 0.3 is 0 Å². The van der Waals surface area contributed by atoms with Gasteiger partial charge in [-0.25, -0.2) is 0 Å². The van der Waals surface area contributed by atoms with E-state index >= 15 is 0 Å². The van der Waals surface area contributed by atoms with E-state index in [9.17, 15) is 4.79 Å². The summed E-state index contributed by atoms with van der Waals surface area (Å²) in [4.78, 5) is 16.5. The zero-order chi connectivity index (χ0) is 23.3. The number of halogens is 1. The molecule has 0 atom stereocenters. The average Bonchev–Trinajstić information content (AvgIpc) is 3.49. The fourth-order valence-electron chi connectivity index (χ4n) is 4.96. The Morgan fingerprint density at radius 2 is 1.85 bits per heavy atom. The largest absolute Gasteiger partial charge is 0.353 e. The van der Waals surface area contributed by atoms with Gasteiger partial charge in [0, 0.05) is 29.0 Å². The first kappa shape index (κ1) is 23.2. The van der Waals surface area contributed by atoms with E-state index in [2.05, 4.69) is 62.6 Å². The number of rotatable bonds is 8. The minimum absolute atomic E-state index is 0.0456. The maximum Gasteiger partial charge on any atom is 0.240 e. The lowest BCUT2D eigenvalue weighted by Gasteiger charge is -2.32. The quantitative estimate of drug-likeness (QED) is 0.323. The summed E-state index contributed by atoms with van der Waals surface area (Å²) in [7, 11) is 0. The van der Waals surface area contributed by atoms with Crippen molar-refractivity contribution in [2.75, 3.05) is 26.2 Å². The summed E-state index contributed by atoms with van der Waals surface area (Å²) < 4.78 is 2.10. The highest BCUT2D eigenvalue weighted by atomic mass is 35.5. The van der Waals surface area contributed by atoms with Crippen LogP contribution in [0.25, 0.3) is 21.5 Å². The molecule has 4 aromatic rings. The lowest BCUT2D eigenvalue weighted by Crippen LogP contribution is -2.40. The number of benzene rings is 2. The molecule has 5 rings (SSSR count). The highest BCUT2D eigenvalue weighted by Gasteiger charge is 2.20. The minimum Gasteiger partial charge on any atom is -0.353 e. The molecule has 1 aliphatic rings. The molecule has 1 fully saturated rings. The third-order valence-electron chi connectivity index (χ3n) is 6.76. The predicted octanol–water partition coefficient (Wildman–Crippen LogP) is 6.09. The van der Waals surface area contributed by atoms with Crippen molar-refractivity contribution in [2.24, 2.45) is 5.92 Å². The molecule has 0 bridgehead atoms. The van der Waals surface area contributed by atoms with Gasteiger partial charge in [0.15, 0.2) is 0 Å². The number of piperidine rings is 1. The lowest BCUT2D eigenvalue weighted by atomic mass is 9.90. The Morgan fingerprint density at radius 3 is 2.62 bits per heavy atom. The molecule has 4 nitrogen and oxygen atoms in total. The van der Waals surface area contributed by atoms with Gasteiger partial charge in [-0.1, -0.05) is 48.0 Å². The summed E-state index contributed by atoms with van der Waals surface area (Å²) in [5, 5.41) is 6.97. The summed E-state index contributed by atoms with van der Waals surface area (Å²) in [6.07, 6.45) is 3.63. The van der Waals surface area contributed by atoms with Crippen molar-refractivity contribution in [1.82, 2.24) is 14.8 Å². The first-order valence-electron chi connectivity index (χ1n) is 12.0. The van der Waals surface area contributed by atoms with Crippen molar-refractivity contribution < 1.29 is 4.79 Å². The van der Waals surface area contributed by atoms with Crippen molar-refractivity contribution >= 4 is 39.7 Å². The SMILES string of the molecule is O=C(Cn1c(-c2cccs2)cc2cc(Cl)ccc21)NCCN1CCC(Cc2ccccc2)CC1. The zero-order valence-corrected chi connectivity index (χ0v) is 20.8. The van der Waals surface area contributed by atoms with Crippen LogP contribution in [0.2, 0.25) is 5.02 Å². The van der Waals surface area contributed by atoms with Gasteiger partial charge in [-0.05, 0) is 79.5 Å². The van der Waals surface area contributed by atoms with E-state index in [1.807, 2.05) is 24.3 Å². The maximum absolute atomic E-state index is 12.9. The molecule has 0 radical (unpaired) electrons. The Hall–Kier alpha value is -2.60. The van der Waals surface area contributed by atoms with Crippen molar-refractivity contribution in [3.8, 4) is 10.6 Å². The summed E-state index contributed by atoms with van der Waals surface area (Å²) in [6.45, 7) is 4.11. The van der Waals surface area contributed by atoms with Crippen molar-refractivity contribution in [1.29, 1.82) is 0 Å². The van der Waals surface area contributed by atoms with E-state index in [-0.39, 0.29) is 5.91 Å². The van der Waals surface area contributed by atoms with Gasteiger partial charge in [0.2, 0.25) is 5.91 Å². The van der Waals surface area contributed by atoms with Crippen LogP contribution in [0.1, 0.15) is 18.4 Å². The second kappa shape index (κ2) is 10.8. The number of hydrogen-bond acceptors (Lipinski definition) is 3. The van der Waals surface area contributed by atoms with Crippen LogP contribution in [0, 0.1) is 5.92 Å². The number of nitrogens with zero attached hydrogens (tertiary/aromatic N) is 2. The van der Waals surface area contributed by atoms with Crippen LogP contribution in [-0.4, -0.2) is 41.6 Å². The van der Waals surface area contributed by atoms with Crippen molar-refractivity contribution in [3.63, 3.8) is 0 Å². The number of carbonyl (C=O) groups is 1. The van der Waals surface area contributed by atoms with Gasteiger partial charge in [-0.2, -0.15) is 0 Å². The van der Waals surface area contributed by atoms with Crippen LogP contribution in [0.15, 0.2) is 72.1 Å². The van der Waals surface area contributed by atoms with E-state index in [0.717, 1.165) is 47.0 Å². The molecule has 0 aliphatic carbocycles. The van der Waals surface area contributed by atoms with E-state index in [0.29, 0.717) is 18.1 Å². The predicted molar refractivity (Wildman–Crippen MR) is 143 cm³/mol. The van der Waals surface area contributed by atoms with Gasteiger partial charge in [-0.15, -0.1) is 11.3 Å². The molecule has 6 heteroatoms. The van der Waals surface area contributed by atoms with Crippen molar-refractivity contribution in [3.05, 3.63) is 82.7 Å². The van der Waals surface area contributed by atoms with Crippen LogP contribution in [0.3, 0.4) is 0 Å². The first-order chi connectivity index (χ1) is 16.7. The topological polar surface area (TPSA) is 37.3 Å². The molecule has 0 saturated carbocycles. The molecule has 1 aliphatic heterocycles. The van der Waals surface area contributed by atoms with Gasteiger partial charge in [-0.3, -0.25) is 4.79 Å². The molecule has 34 heavy (non-hydrogen) atoms. The molecule has 1 saturated heterocycles. The molecule has 1 amide bonds. The Balaban J connectivity index is 1.14. The Morgan fingerprint density at radius 1 is 1.03 bits per heavy atom. The van der Waals surface area contributed by atoms with Crippen LogP contribution in [-0.2, 0) is 17.8 Å². The molecule has 2 aromatic carbocycles. The molecule has 0 spiro atoms. The van der Waals surface area contributed by atoms with Crippen molar-refractivity contribution in [2.45, 2.75) is 25.8 Å². The normalized spacial score (nSPS) is 15.1. The number of likely N-dealkylation sites (tertiary alicyclic amines) is 1. The van der Waals surface area contributed by atoms with Gasteiger partial charge in [0.25, 0.3) is 0 Å². The average molecular weight is 492 g/mol. The Bertz CT molecular complexity index is 1230. The summed E-state index contributed by atoms with van der Waals surface area (Å²) in [5.41, 5.74) is 3.53. The van der Waals surface area contributed by atoms with Crippen LogP contribution in [0.5, 0.6) is 0 Å². The van der Waals surface area contributed by atoms with Crippen LogP contribution < -0.4 is 5.32 Å². The molecular formula is C28H30ClN3OS. The van der Waals surface area contributed by atoms with Gasteiger partial charge < -0.3 is 14.8 Å². The zero-order valence-electron chi connectivity index (χ0n) is 19.3. The Kier molecular flexibility index (Phi) is 7.33. The number of thiophene rings is 1. The fourth-order valence-corrected chi connectivity index (χ4v) is 5.89. The van der Waals surface area contributed by atoms with Crippen LogP contribution >= 0.6 is 22.9 Å². The second-order valence-corrected chi connectivity index (χ2v) is 10.5. The molecule has 176 valence electrons. The van der Waals surface area contributed by atoms with E-state index < -0.39 is 0 Å². The number of aromatic nitrogens is 1. The highest BCUT2D eigenvalue weighted by Crippen LogP contribution is 2.32. The monoisotopic (exact) mass is 491 g/mol. The molecule has 3 heterocycles. The summed E-state index contributed by atoms with van der Waals surface area (Å²) in [6, 6.07) is 22.9. The third kappa shape index (κ3) is 5.54. The van der Waals surface area contributed by atoms with E-state index in [4.69, 9.17) is 11.6 Å². The van der Waals surface area contributed by atoms with Gasteiger partial charge in [0.05, 0.1) is 10.6 Å².